The van der Waals surface area contributed by atoms with Crippen LogP contribution in [0.2, 0.25) is 0 Å². The number of nitrogens with zero attached hydrogens (tertiary/aromatic N) is 2. The average Bonchev–Trinajstić information content (AvgIpc) is 3.00. The van der Waals surface area contributed by atoms with Crippen LogP contribution in [0.5, 0.6) is 0 Å². The first-order chi connectivity index (χ1) is 17.1. The minimum atomic E-state index is -2.37. The molecule has 4 aliphatic carbocycles. The molecular weight excluding hydrogens is 495 g/mol. The van der Waals surface area contributed by atoms with Crippen LogP contribution < -0.4 is 0 Å². The van der Waals surface area contributed by atoms with E-state index in [0.29, 0.717) is 12.0 Å². The second kappa shape index (κ2) is 8.59. The number of esters is 1. The Morgan fingerprint density at radius 2 is 1.86 bits per heavy atom. The summed E-state index contributed by atoms with van der Waals surface area (Å²) in [6, 6.07) is 0. The van der Waals surface area contributed by atoms with Crippen LogP contribution in [0, 0.1) is 48.8 Å². The van der Waals surface area contributed by atoms with Crippen molar-refractivity contribution in [1.82, 2.24) is 0 Å². The Balaban J connectivity index is 1.89. The van der Waals surface area contributed by atoms with Gasteiger partial charge < -0.3 is 9.57 Å². The van der Waals surface area contributed by atoms with E-state index in [4.69, 9.17) is 14.4 Å². The molecule has 0 unspecified atom stereocenters. The summed E-state index contributed by atoms with van der Waals surface area (Å²) >= 11 is 0. The van der Waals surface area contributed by atoms with Crippen molar-refractivity contribution in [2.45, 2.75) is 70.8 Å². The quantitative estimate of drug-likeness (QED) is 0.274. The van der Waals surface area contributed by atoms with Crippen molar-refractivity contribution in [2.24, 2.45) is 28.6 Å². The molecule has 0 spiro atoms. The topological polar surface area (TPSA) is 165 Å². The predicted octanol–water partition coefficient (Wildman–Crippen LogP) is 2.90. The van der Waals surface area contributed by atoms with Crippen LogP contribution in [0.15, 0.2) is 23.8 Å². The summed E-state index contributed by atoms with van der Waals surface area (Å²) < 4.78 is 22.5. The van der Waals surface area contributed by atoms with Gasteiger partial charge in [0.15, 0.2) is 23.7 Å². The molecule has 3 fully saturated rings. The Morgan fingerprint density at radius 3 is 2.46 bits per heavy atom. The summed E-state index contributed by atoms with van der Waals surface area (Å²) in [7, 11) is 0. The highest BCUT2D eigenvalue weighted by atomic mass is 19.1. The van der Waals surface area contributed by atoms with Crippen molar-refractivity contribution >= 4 is 17.5 Å². The van der Waals surface area contributed by atoms with Crippen LogP contribution in [-0.4, -0.2) is 51.7 Å². The van der Waals surface area contributed by atoms with Gasteiger partial charge in [0.25, 0.3) is 10.2 Å². The minimum Gasteiger partial charge on any atom is -0.458 e. The van der Waals surface area contributed by atoms with Crippen LogP contribution in [0.4, 0.5) is 4.39 Å². The third-order valence-electron chi connectivity index (χ3n) is 9.41. The predicted molar refractivity (Wildman–Crippen MR) is 121 cm³/mol. The summed E-state index contributed by atoms with van der Waals surface area (Å²) in [5, 5.41) is 21.1. The zero-order valence-electron chi connectivity index (χ0n) is 20.9. The van der Waals surface area contributed by atoms with E-state index in [-0.39, 0.29) is 18.6 Å². The molecule has 0 bridgehead atoms. The fraction of sp³-hybridized carbons (Fsp3) is 0.708. The lowest BCUT2D eigenvalue weighted by molar-refractivity contribution is -0.786. The minimum absolute atomic E-state index is 0.148. The number of halogens is 1. The number of fused-ring (bicyclic) bond motifs is 5. The van der Waals surface area contributed by atoms with Gasteiger partial charge in [-0.25, -0.2) is 4.39 Å². The number of rotatable bonds is 7. The highest BCUT2D eigenvalue weighted by Gasteiger charge is 2.78. The molecule has 0 aromatic carbocycles. The lowest BCUT2D eigenvalue weighted by Gasteiger charge is -2.63. The molecule has 0 saturated heterocycles. The molecule has 13 heteroatoms. The van der Waals surface area contributed by atoms with Gasteiger partial charge in [-0.05, 0) is 56.6 Å². The van der Waals surface area contributed by atoms with Crippen LogP contribution in [0.25, 0.3) is 0 Å². The molecule has 0 heterocycles. The van der Waals surface area contributed by atoms with Gasteiger partial charge >= 0.3 is 5.97 Å². The summed E-state index contributed by atoms with van der Waals surface area (Å²) in [5.74, 6) is -4.39. The van der Waals surface area contributed by atoms with Crippen molar-refractivity contribution in [3.8, 4) is 0 Å². The summed E-state index contributed by atoms with van der Waals surface area (Å²) in [6.45, 7) is 4.93. The van der Waals surface area contributed by atoms with E-state index < -0.39 is 80.9 Å². The Bertz CT molecular complexity index is 1140. The highest BCUT2D eigenvalue weighted by Crippen LogP contribution is 2.71. The fourth-order valence-corrected chi connectivity index (χ4v) is 7.94. The van der Waals surface area contributed by atoms with Crippen molar-refractivity contribution in [3.05, 3.63) is 44.0 Å². The Hall–Kier alpha value is -3.38. The number of alkyl halides is 1. The number of hydrogen-bond acceptors (Lipinski definition) is 10. The second-order valence-electron chi connectivity index (χ2n) is 11.0. The molecule has 0 N–H and O–H groups in total. The SMILES string of the molecule is CC(=O)OCC(=O)[C@@]1(O[N+](=O)[O-])[C@H](C)C[C@H]2[C@@H]3CCC4=CC(=O)C=C[C@]4(C)[C@@]3(F)[C@@H](O[N+](=O)[O-])C[C@@]21C. The molecule has 0 radical (unpaired) electrons. The molecule has 0 aliphatic heterocycles. The lowest BCUT2D eigenvalue weighted by atomic mass is 9.44. The molecule has 37 heavy (non-hydrogen) atoms. The van der Waals surface area contributed by atoms with E-state index in [2.05, 4.69) is 0 Å². The van der Waals surface area contributed by atoms with E-state index in [1.807, 2.05) is 0 Å². The molecule has 202 valence electrons. The van der Waals surface area contributed by atoms with Gasteiger partial charge in [-0.2, -0.15) is 0 Å². The number of hydrogen-bond donors (Lipinski definition) is 0. The highest BCUT2D eigenvalue weighted by molar-refractivity contribution is 6.01. The molecule has 8 atom stereocenters. The average molecular weight is 524 g/mol. The number of ether oxygens (including phenoxy) is 1. The maximum absolute atomic E-state index is 17.6. The molecule has 4 rings (SSSR count). The third kappa shape index (κ3) is 3.57. The van der Waals surface area contributed by atoms with Crippen LogP contribution >= 0.6 is 0 Å². The van der Waals surface area contributed by atoms with Crippen LogP contribution in [0.1, 0.15) is 53.4 Å². The normalized spacial score (nSPS) is 42.0. The number of carbonyl (C=O) groups is 3. The van der Waals surface area contributed by atoms with Gasteiger partial charge in [0.05, 0.1) is 0 Å². The lowest BCUT2D eigenvalue weighted by Crippen LogP contribution is -2.70. The summed E-state index contributed by atoms with van der Waals surface area (Å²) in [4.78, 5) is 70.4. The van der Waals surface area contributed by atoms with Gasteiger partial charge in [-0.15, -0.1) is 20.2 Å². The Kier molecular flexibility index (Phi) is 6.19. The monoisotopic (exact) mass is 524 g/mol. The van der Waals surface area contributed by atoms with Crippen LogP contribution in [-0.2, 0) is 28.8 Å². The van der Waals surface area contributed by atoms with E-state index >= 15 is 4.39 Å². The zero-order chi connectivity index (χ0) is 27.6. The van der Waals surface area contributed by atoms with Gasteiger partial charge in [0.1, 0.15) is 6.10 Å². The second-order valence-corrected chi connectivity index (χ2v) is 11.0. The van der Waals surface area contributed by atoms with Crippen molar-refractivity contribution in [3.63, 3.8) is 0 Å². The molecule has 0 amide bonds. The van der Waals surface area contributed by atoms with Gasteiger partial charge in [0.2, 0.25) is 5.78 Å². The van der Waals surface area contributed by atoms with Gasteiger partial charge in [-0.3, -0.25) is 19.2 Å². The maximum Gasteiger partial charge on any atom is 0.303 e. The van der Waals surface area contributed by atoms with Crippen molar-refractivity contribution < 1.29 is 43.4 Å². The molecule has 0 aromatic heterocycles. The van der Waals surface area contributed by atoms with E-state index in [1.54, 1.807) is 13.8 Å². The number of allylic oxidation sites excluding steroid dienone is 4. The number of ketones is 2. The summed E-state index contributed by atoms with van der Waals surface area (Å²) in [6.07, 6.45) is 2.44. The molecule has 4 aliphatic rings. The zero-order valence-corrected chi connectivity index (χ0v) is 20.9. The van der Waals surface area contributed by atoms with Crippen molar-refractivity contribution in [1.29, 1.82) is 0 Å². The summed E-state index contributed by atoms with van der Waals surface area (Å²) in [5.41, 5.74) is -6.93. The number of carbonyl (C=O) groups excluding carboxylic acids is 3. The molecule has 0 aromatic rings. The Morgan fingerprint density at radius 1 is 1.19 bits per heavy atom. The maximum atomic E-state index is 17.6. The number of Topliss-reactive ketones (excluding diaryl/α,β-unsaturated/α-hetero) is 1. The van der Waals surface area contributed by atoms with Crippen LogP contribution in [0.3, 0.4) is 0 Å². The fourth-order valence-electron chi connectivity index (χ4n) is 7.94. The van der Waals surface area contributed by atoms with E-state index in [0.717, 1.165) is 6.92 Å². The first-order valence-corrected chi connectivity index (χ1v) is 12.1. The van der Waals surface area contributed by atoms with Gasteiger partial charge in [-0.1, -0.05) is 25.5 Å². The first-order valence-electron chi connectivity index (χ1n) is 12.1. The third-order valence-corrected chi connectivity index (χ3v) is 9.41. The molecule has 3 saturated carbocycles. The molecular formula is C24H29FN2O10. The van der Waals surface area contributed by atoms with E-state index in [9.17, 15) is 34.6 Å². The standard InChI is InChI=1S/C24H29FN2O10/c1-13-9-18-17-6-5-15-10-16(29)7-8-21(15,3)23(17,25)20(36-26(31)32)11-22(18,4)24(13,37-27(33)34)19(30)12-35-14(2)28/h7-8,10,13,17-18,20H,5-6,9,11-12H2,1-4H3/t13-,17+,18+,20+,21+,22+,23+,24+/m1/s1. The van der Waals surface area contributed by atoms with Crippen molar-refractivity contribution in [2.75, 3.05) is 6.61 Å². The largest absolute Gasteiger partial charge is 0.458 e. The molecule has 12 nitrogen and oxygen atoms in total. The smallest absolute Gasteiger partial charge is 0.303 e. The Labute approximate surface area is 211 Å². The van der Waals surface area contributed by atoms with E-state index in [1.165, 1.54) is 25.2 Å². The van der Waals surface area contributed by atoms with Gasteiger partial charge in [0, 0.05) is 23.7 Å². The first kappa shape index (κ1) is 26.7.